The van der Waals surface area contributed by atoms with Crippen LogP contribution >= 0.6 is 23.4 Å². The Bertz CT molecular complexity index is 1050. The number of para-hydroxylation sites is 1. The Morgan fingerprint density at radius 3 is 2.78 bits per heavy atom. The lowest BCUT2D eigenvalue weighted by Crippen LogP contribution is -2.65. The molecule has 0 saturated carbocycles. The van der Waals surface area contributed by atoms with Crippen molar-refractivity contribution in [2.75, 3.05) is 12.9 Å². The van der Waals surface area contributed by atoms with Crippen molar-refractivity contribution in [1.29, 1.82) is 0 Å². The van der Waals surface area contributed by atoms with E-state index in [9.17, 15) is 14.0 Å². The van der Waals surface area contributed by atoms with Crippen LogP contribution in [0.3, 0.4) is 0 Å². The van der Waals surface area contributed by atoms with Crippen molar-refractivity contribution in [3.63, 3.8) is 0 Å². The molecular weight excluding hydrogens is 455 g/mol. The molecule has 0 bridgehead atoms. The number of ether oxygens (including phenoxy) is 1. The van der Waals surface area contributed by atoms with Crippen molar-refractivity contribution in [1.82, 2.24) is 20.2 Å². The van der Waals surface area contributed by atoms with Gasteiger partial charge in [0.25, 0.3) is 0 Å². The molecule has 0 radical (unpaired) electrons. The van der Waals surface area contributed by atoms with E-state index in [1.54, 1.807) is 34.7 Å². The lowest BCUT2D eigenvalue weighted by molar-refractivity contribution is -0.145. The average Bonchev–Trinajstić information content (AvgIpc) is 3.39. The Balaban J connectivity index is 1.47. The van der Waals surface area contributed by atoms with Gasteiger partial charge in [0.2, 0.25) is 5.91 Å². The van der Waals surface area contributed by atoms with Gasteiger partial charge in [-0.05, 0) is 30.4 Å². The fourth-order valence-electron chi connectivity index (χ4n) is 4.56. The number of urea groups is 1. The summed E-state index contributed by atoms with van der Waals surface area (Å²) in [5.41, 5.74) is 4.21. The summed E-state index contributed by atoms with van der Waals surface area (Å²) in [6.07, 6.45) is 0.0762. The Hall–Kier alpha value is -2.49. The van der Waals surface area contributed by atoms with E-state index >= 15 is 0 Å². The third-order valence-electron chi connectivity index (χ3n) is 6.14. The highest BCUT2D eigenvalue weighted by molar-refractivity contribution is 8.00. The molecule has 3 fully saturated rings. The van der Waals surface area contributed by atoms with E-state index in [0.29, 0.717) is 5.75 Å². The number of fused-ring (bicyclic) bond motifs is 3. The number of hydrogen-bond acceptors (Lipinski definition) is 5. The number of hydrogen-bond donors (Lipinski definition) is 1. The number of nitrogens with zero attached hydrogens (tertiary/aromatic N) is 3. The van der Waals surface area contributed by atoms with Gasteiger partial charge in [-0.1, -0.05) is 35.9 Å². The Kier molecular flexibility index (Phi) is 5.65. The second kappa shape index (κ2) is 8.46. The predicted molar refractivity (Wildman–Crippen MR) is 119 cm³/mol. The van der Waals surface area contributed by atoms with Crippen LogP contribution in [0, 0.1) is 5.82 Å². The smallest absolute Gasteiger partial charge is 0.337 e. The van der Waals surface area contributed by atoms with Crippen molar-refractivity contribution in [2.24, 2.45) is 0 Å². The zero-order chi connectivity index (χ0) is 22.4. The zero-order valence-electron chi connectivity index (χ0n) is 17.3. The van der Waals surface area contributed by atoms with Gasteiger partial charge in [0, 0.05) is 16.1 Å². The van der Waals surface area contributed by atoms with Crippen molar-refractivity contribution in [3.05, 3.63) is 64.4 Å². The van der Waals surface area contributed by atoms with Gasteiger partial charge in [-0.15, -0.1) is 11.8 Å². The summed E-state index contributed by atoms with van der Waals surface area (Å²) in [7, 11) is 1.59. The molecule has 2 aromatic rings. The second-order valence-electron chi connectivity index (χ2n) is 7.90. The maximum atomic E-state index is 14.4. The SMILES string of the molecule is COc1ccccc1CN1C(=O)C2SCCC2N2C(=O)N(Cc3c(F)cccc3Cl)NC12. The van der Waals surface area contributed by atoms with Crippen molar-refractivity contribution in [2.45, 2.75) is 37.1 Å². The van der Waals surface area contributed by atoms with Gasteiger partial charge in [-0.3, -0.25) is 14.7 Å². The largest absolute Gasteiger partial charge is 0.496 e. The molecule has 3 aliphatic heterocycles. The standard InChI is InChI=1S/C22H22ClFN4O3S/c1-31-18-8-3-2-5-13(18)11-26-20(29)19-17(9-10-32-19)28-21(26)25-27(22(28)30)12-14-15(23)6-4-7-16(14)24/h2-8,17,19,21,25H,9-12H2,1H3. The summed E-state index contributed by atoms with van der Waals surface area (Å²) in [5.74, 6) is 0.982. The van der Waals surface area contributed by atoms with E-state index in [2.05, 4.69) is 5.43 Å². The first-order valence-electron chi connectivity index (χ1n) is 10.3. The minimum absolute atomic E-state index is 0.0178. The van der Waals surface area contributed by atoms with Gasteiger partial charge in [0.05, 0.1) is 26.2 Å². The summed E-state index contributed by atoms with van der Waals surface area (Å²) in [6, 6.07) is 11.4. The van der Waals surface area contributed by atoms with Gasteiger partial charge in [0.15, 0.2) is 6.29 Å². The van der Waals surface area contributed by atoms with E-state index < -0.39 is 12.1 Å². The molecule has 0 spiro atoms. The number of benzene rings is 2. The first-order chi connectivity index (χ1) is 15.5. The van der Waals surface area contributed by atoms with Crippen LogP contribution in [-0.4, -0.2) is 57.2 Å². The number of methoxy groups -OCH3 is 1. The summed E-state index contributed by atoms with van der Waals surface area (Å²) in [5, 5.41) is 1.28. The van der Waals surface area contributed by atoms with Crippen molar-refractivity contribution in [3.8, 4) is 5.75 Å². The number of carbonyl (C=O) groups excluding carboxylic acids is 2. The maximum Gasteiger partial charge on any atom is 0.337 e. The Labute approximate surface area is 194 Å². The third-order valence-corrected chi connectivity index (χ3v) is 7.84. The molecule has 3 amide bonds. The molecule has 5 rings (SSSR count). The topological polar surface area (TPSA) is 65.1 Å². The van der Waals surface area contributed by atoms with Crippen LogP contribution in [0.2, 0.25) is 5.02 Å². The van der Waals surface area contributed by atoms with Crippen molar-refractivity contribution < 1.29 is 18.7 Å². The highest BCUT2D eigenvalue weighted by Crippen LogP contribution is 2.40. The molecule has 168 valence electrons. The summed E-state index contributed by atoms with van der Waals surface area (Å²) in [6.45, 7) is 0.237. The number of thioether (sulfide) groups is 1. The van der Waals surface area contributed by atoms with Crippen LogP contribution in [0.25, 0.3) is 0 Å². The van der Waals surface area contributed by atoms with Crippen LogP contribution < -0.4 is 10.2 Å². The molecular formula is C22H22ClFN4O3S. The number of rotatable bonds is 5. The molecule has 1 N–H and O–H groups in total. The average molecular weight is 477 g/mol. The Morgan fingerprint density at radius 2 is 2.00 bits per heavy atom. The fraction of sp³-hybridized carbons (Fsp3) is 0.364. The molecule has 3 atom stereocenters. The minimum atomic E-state index is -0.662. The van der Waals surface area contributed by atoms with Crippen LogP contribution in [-0.2, 0) is 17.9 Å². The molecule has 3 heterocycles. The molecule has 7 nitrogen and oxygen atoms in total. The van der Waals surface area contributed by atoms with Crippen LogP contribution in [0.4, 0.5) is 9.18 Å². The van der Waals surface area contributed by atoms with E-state index in [4.69, 9.17) is 16.3 Å². The molecule has 0 aliphatic carbocycles. The highest BCUT2D eigenvalue weighted by atomic mass is 35.5. The lowest BCUT2D eigenvalue weighted by atomic mass is 10.0. The predicted octanol–water partition coefficient (Wildman–Crippen LogP) is 3.43. The van der Waals surface area contributed by atoms with Gasteiger partial charge >= 0.3 is 6.03 Å². The van der Waals surface area contributed by atoms with Crippen LogP contribution in [0.5, 0.6) is 5.75 Å². The fourth-order valence-corrected chi connectivity index (χ4v) is 6.18. The second-order valence-corrected chi connectivity index (χ2v) is 9.56. The summed E-state index contributed by atoms with van der Waals surface area (Å²) < 4.78 is 19.8. The van der Waals surface area contributed by atoms with Gasteiger partial charge in [0.1, 0.15) is 16.8 Å². The summed E-state index contributed by atoms with van der Waals surface area (Å²) in [4.78, 5) is 30.2. The number of amides is 3. The lowest BCUT2D eigenvalue weighted by Gasteiger charge is -2.44. The third kappa shape index (κ3) is 3.48. The van der Waals surface area contributed by atoms with E-state index in [1.807, 2.05) is 24.3 Å². The molecule has 0 aromatic heterocycles. The monoisotopic (exact) mass is 476 g/mol. The zero-order valence-corrected chi connectivity index (χ0v) is 18.9. The number of hydrazine groups is 1. The van der Waals surface area contributed by atoms with Crippen LogP contribution in [0.15, 0.2) is 42.5 Å². The van der Waals surface area contributed by atoms with E-state index in [1.165, 1.54) is 17.1 Å². The quantitative estimate of drug-likeness (QED) is 0.716. The normalized spacial score (nSPS) is 24.7. The first kappa shape index (κ1) is 21.4. The minimum Gasteiger partial charge on any atom is -0.496 e. The molecule has 3 saturated heterocycles. The van der Waals surface area contributed by atoms with Crippen LogP contribution in [0.1, 0.15) is 17.5 Å². The first-order valence-corrected chi connectivity index (χ1v) is 11.7. The molecule has 3 aliphatic rings. The summed E-state index contributed by atoms with van der Waals surface area (Å²) >= 11 is 7.77. The number of halogens is 2. The highest BCUT2D eigenvalue weighted by Gasteiger charge is 2.56. The number of nitrogens with one attached hydrogen (secondary N) is 1. The van der Waals surface area contributed by atoms with Gasteiger partial charge in [-0.2, -0.15) is 5.43 Å². The Morgan fingerprint density at radius 1 is 1.19 bits per heavy atom. The molecule has 2 aromatic carbocycles. The molecule has 3 unspecified atom stereocenters. The number of carbonyl (C=O) groups is 2. The molecule has 32 heavy (non-hydrogen) atoms. The maximum absolute atomic E-state index is 14.4. The van der Waals surface area contributed by atoms with Crippen molar-refractivity contribution >= 4 is 35.3 Å². The molecule has 10 heteroatoms. The van der Waals surface area contributed by atoms with Gasteiger partial charge in [-0.25, -0.2) is 9.18 Å². The van der Waals surface area contributed by atoms with Gasteiger partial charge < -0.3 is 9.64 Å². The van der Waals surface area contributed by atoms with E-state index in [-0.39, 0.29) is 46.9 Å². The van der Waals surface area contributed by atoms with E-state index in [0.717, 1.165) is 17.7 Å².